The van der Waals surface area contributed by atoms with E-state index in [4.69, 9.17) is 9.47 Å². The van der Waals surface area contributed by atoms with Crippen LogP contribution in [0, 0.1) is 0 Å². The van der Waals surface area contributed by atoms with Gasteiger partial charge in [-0.3, -0.25) is 0 Å². The van der Waals surface area contributed by atoms with Gasteiger partial charge in [0.05, 0.1) is 6.20 Å². The Morgan fingerprint density at radius 2 is 1.88 bits per heavy atom. The van der Waals surface area contributed by atoms with Gasteiger partial charge in [0.15, 0.2) is 5.82 Å². The van der Waals surface area contributed by atoms with E-state index in [1.807, 2.05) is 0 Å². The van der Waals surface area contributed by atoms with Gasteiger partial charge in [-0.05, 0) is 13.8 Å². The predicted molar refractivity (Wildman–Crippen MR) is 49.6 cm³/mol. The summed E-state index contributed by atoms with van der Waals surface area (Å²) in [5, 5.41) is 0. The number of H-pyrrole nitrogens is 1. The summed E-state index contributed by atoms with van der Waals surface area (Å²) in [7, 11) is 0. The average Bonchev–Trinajstić information content (AvgIpc) is 2.65. The number of hydrogen-bond donors (Lipinski definition) is 1. The number of imidazole rings is 1. The zero-order valence-electron chi connectivity index (χ0n) is 8.97. The fourth-order valence-corrected chi connectivity index (χ4v) is 1.11. The summed E-state index contributed by atoms with van der Waals surface area (Å²) in [6.07, 6.45) is -4.60. The summed E-state index contributed by atoms with van der Waals surface area (Å²) < 4.78 is 47.1. The Morgan fingerprint density at radius 1 is 1.31 bits per heavy atom. The van der Waals surface area contributed by atoms with E-state index >= 15 is 0 Å². The molecule has 0 saturated carbocycles. The fraction of sp³-hybridized carbons (Fsp3) is 0.667. The average molecular weight is 238 g/mol. The van der Waals surface area contributed by atoms with Crippen LogP contribution in [0.15, 0.2) is 6.20 Å². The van der Waals surface area contributed by atoms with Gasteiger partial charge in [-0.15, -0.1) is 0 Å². The molecule has 7 heteroatoms. The number of halogens is 3. The van der Waals surface area contributed by atoms with E-state index in [9.17, 15) is 13.2 Å². The highest BCUT2D eigenvalue weighted by atomic mass is 19.4. The van der Waals surface area contributed by atoms with Crippen LogP contribution in [-0.4, -0.2) is 23.2 Å². The number of aromatic nitrogens is 2. The topological polar surface area (TPSA) is 47.1 Å². The number of nitrogens with zero attached hydrogens (tertiary/aromatic N) is 1. The second kappa shape index (κ2) is 5.31. The molecule has 0 aromatic carbocycles. The minimum atomic E-state index is -4.44. The van der Waals surface area contributed by atoms with Crippen LogP contribution in [0.4, 0.5) is 13.2 Å². The van der Waals surface area contributed by atoms with E-state index in [-0.39, 0.29) is 5.82 Å². The SMILES string of the molecule is CCOC(OCC)c1ncc(C(F)(F)F)[nH]1. The molecule has 0 aliphatic rings. The monoisotopic (exact) mass is 238 g/mol. The predicted octanol–water partition coefficient (Wildman–Crippen LogP) is 2.50. The lowest BCUT2D eigenvalue weighted by Crippen LogP contribution is -2.11. The molecule has 0 atom stereocenters. The van der Waals surface area contributed by atoms with Crippen LogP contribution in [0.25, 0.3) is 0 Å². The smallest absolute Gasteiger partial charge is 0.346 e. The van der Waals surface area contributed by atoms with Crippen molar-refractivity contribution in [1.29, 1.82) is 0 Å². The van der Waals surface area contributed by atoms with Gasteiger partial charge in [0, 0.05) is 13.2 Å². The Labute approximate surface area is 90.8 Å². The van der Waals surface area contributed by atoms with Crippen LogP contribution in [0.2, 0.25) is 0 Å². The molecule has 1 heterocycles. The molecule has 0 fully saturated rings. The number of hydrogen-bond acceptors (Lipinski definition) is 3. The molecule has 0 radical (unpaired) electrons. The van der Waals surface area contributed by atoms with Crippen molar-refractivity contribution in [2.24, 2.45) is 0 Å². The van der Waals surface area contributed by atoms with Crippen molar-refractivity contribution < 1.29 is 22.6 Å². The maximum atomic E-state index is 12.3. The number of nitrogens with one attached hydrogen (secondary N) is 1. The van der Waals surface area contributed by atoms with Crippen molar-refractivity contribution >= 4 is 0 Å². The van der Waals surface area contributed by atoms with Crippen molar-refractivity contribution in [3.8, 4) is 0 Å². The van der Waals surface area contributed by atoms with E-state index in [0.717, 1.165) is 6.20 Å². The van der Waals surface area contributed by atoms with Crippen LogP contribution in [-0.2, 0) is 15.7 Å². The second-order valence-corrected chi connectivity index (χ2v) is 2.92. The first-order valence-electron chi connectivity index (χ1n) is 4.84. The summed E-state index contributed by atoms with van der Waals surface area (Å²) in [5.41, 5.74) is -0.910. The highest BCUT2D eigenvalue weighted by Gasteiger charge is 2.34. The van der Waals surface area contributed by atoms with Crippen LogP contribution in [0.1, 0.15) is 31.7 Å². The van der Waals surface area contributed by atoms with E-state index < -0.39 is 18.2 Å². The maximum absolute atomic E-state index is 12.3. The van der Waals surface area contributed by atoms with Gasteiger partial charge in [-0.1, -0.05) is 0 Å². The van der Waals surface area contributed by atoms with Gasteiger partial charge in [-0.25, -0.2) is 4.98 Å². The van der Waals surface area contributed by atoms with Gasteiger partial charge in [-0.2, -0.15) is 13.2 Å². The molecule has 4 nitrogen and oxygen atoms in total. The third-order valence-electron chi connectivity index (χ3n) is 1.76. The van der Waals surface area contributed by atoms with Crippen molar-refractivity contribution in [3.05, 3.63) is 17.7 Å². The summed E-state index contributed by atoms with van der Waals surface area (Å²) in [6.45, 7) is 4.10. The highest BCUT2D eigenvalue weighted by molar-refractivity contribution is 5.05. The number of alkyl halides is 3. The van der Waals surface area contributed by atoms with Crippen molar-refractivity contribution in [2.45, 2.75) is 26.3 Å². The van der Waals surface area contributed by atoms with Gasteiger partial charge in [0.2, 0.25) is 6.29 Å². The molecule has 0 saturated heterocycles. The summed E-state index contributed by atoms with van der Waals surface area (Å²) in [4.78, 5) is 5.73. The van der Waals surface area contributed by atoms with E-state index in [1.165, 1.54) is 0 Å². The fourth-order valence-electron chi connectivity index (χ4n) is 1.11. The molecule has 0 aliphatic carbocycles. The molecule has 1 aromatic rings. The molecule has 0 spiro atoms. The maximum Gasteiger partial charge on any atom is 0.432 e. The minimum absolute atomic E-state index is 0.0241. The quantitative estimate of drug-likeness (QED) is 0.802. The third-order valence-corrected chi connectivity index (χ3v) is 1.76. The van der Waals surface area contributed by atoms with E-state index in [2.05, 4.69) is 9.97 Å². The molecule has 16 heavy (non-hydrogen) atoms. The van der Waals surface area contributed by atoms with Crippen molar-refractivity contribution in [2.75, 3.05) is 13.2 Å². The second-order valence-electron chi connectivity index (χ2n) is 2.92. The highest BCUT2D eigenvalue weighted by Crippen LogP contribution is 2.28. The molecule has 1 aromatic heterocycles. The van der Waals surface area contributed by atoms with Gasteiger partial charge in [0.1, 0.15) is 5.69 Å². The van der Waals surface area contributed by atoms with Crippen molar-refractivity contribution in [1.82, 2.24) is 9.97 Å². The van der Waals surface area contributed by atoms with Crippen LogP contribution < -0.4 is 0 Å². The first-order chi connectivity index (χ1) is 7.49. The Morgan fingerprint density at radius 3 is 2.25 bits per heavy atom. The lowest BCUT2D eigenvalue weighted by atomic mass is 10.5. The molecule has 0 bridgehead atoms. The Balaban J connectivity index is 2.81. The van der Waals surface area contributed by atoms with Crippen LogP contribution in [0.3, 0.4) is 0 Å². The molecular formula is C9H13F3N2O2. The molecule has 0 unspecified atom stereocenters. The lowest BCUT2D eigenvalue weighted by Gasteiger charge is -2.14. The zero-order valence-corrected chi connectivity index (χ0v) is 8.97. The number of rotatable bonds is 5. The molecule has 92 valence electrons. The van der Waals surface area contributed by atoms with E-state index in [1.54, 1.807) is 13.8 Å². The van der Waals surface area contributed by atoms with Gasteiger partial charge < -0.3 is 14.5 Å². The van der Waals surface area contributed by atoms with Gasteiger partial charge in [0.25, 0.3) is 0 Å². The van der Waals surface area contributed by atoms with Crippen LogP contribution >= 0.6 is 0 Å². The minimum Gasteiger partial charge on any atom is -0.346 e. The Kier molecular flexibility index (Phi) is 4.31. The molecule has 0 amide bonds. The Hall–Kier alpha value is -1.08. The van der Waals surface area contributed by atoms with Crippen LogP contribution in [0.5, 0.6) is 0 Å². The molecular weight excluding hydrogens is 225 g/mol. The summed E-state index contributed by atoms with van der Waals surface area (Å²) in [5.74, 6) is 0.0241. The normalized spacial score (nSPS) is 12.4. The summed E-state index contributed by atoms with van der Waals surface area (Å²) >= 11 is 0. The first-order valence-corrected chi connectivity index (χ1v) is 4.84. The summed E-state index contributed by atoms with van der Waals surface area (Å²) in [6, 6.07) is 0. The molecule has 1 N–H and O–H groups in total. The molecule has 0 aliphatic heterocycles. The molecule has 1 rings (SSSR count). The first kappa shape index (κ1) is 13.0. The lowest BCUT2D eigenvalue weighted by molar-refractivity contribution is -0.148. The van der Waals surface area contributed by atoms with Crippen molar-refractivity contribution in [3.63, 3.8) is 0 Å². The number of aromatic amines is 1. The zero-order chi connectivity index (χ0) is 12.2. The largest absolute Gasteiger partial charge is 0.432 e. The third kappa shape index (κ3) is 3.21. The van der Waals surface area contributed by atoms with Gasteiger partial charge >= 0.3 is 6.18 Å². The standard InChI is InChI=1S/C9H13F3N2O2/c1-3-15-8(16-4-2)7-13-5-6(14-7)9(10,11)12/h5,8H,3-4H2,1-2H3,(H,13,14). The van der Waals surface area contributed by atoms with E-state index in [0.29, 0.717) is 13.2 Å². The Bertz CT molecular complexity index is 319. The number of ether oxygens (including phenoxy) is 2.